The normalized spacial score (nSPS) is 20.7. The third-order valence-electron chi connectivity index (χ3n) is 8.92. The van der Waals surface area contributed by atoms with Crippen LogP contribution in [0.25, 0.3) is 10.8 Å². The van der Waals surface area contributed by atoms with Crippen LogP contribution in [0.1, 0.15) is 36.7 Å². The van der Waals surface area contributed by atoms with E-state index in [1.807, 2.05) is 22.8 Å². The fourth-order valence-electron chi connectivity index (χ4n) is 6.56. The fourth-order valence-corrected chi connectivity index (χ4v) is 7.04. The van der Waals surface area contributed by atoms with Crippen LogP contribution in [0, 0.1) is 5.95 Å². The monoisotopic (exact) mass is 611 g/mol. The van der Waals surface area contributed by atoms with Crippen molar-refractivity contribution in [2.45, 2.75) is 57.9 Å². The summed E-state index contributed by atoms with van der Waals surface area (Å²) in [7, 11) is 2.11. The Balaban J connectivity index is 1.28. The molecule has 0 radical (unpaired) electrons. The Hall–Kier alpha value is -3.34. The highest BCUT2D eigenvalue weighted by molar-refractivity contribution is 6.41. The van der Waals surface area contributed by atoms with Gasteiger partial charge in [-0.15, -0.1) is 0 Å². The number of rotatable bonds is 5. The number of ether oxygens (including phenoxy) is 1. The van der Waals surface area contributed by atoms with E-state index >= 15 is 0 Å². The number of phenols is 1. The highest BCUT2D eigenvalue weighted by atomic mass is 35.5. The van der Waals surface area contributed by atoms with Crippen molar-refractivity contribution in [3.63, 3.8) is 0 Å². The van der Waals surface area contributed by atoms with Crippen LogP contribution in [0.2, 0.25) is 10.0 Å². The van der Waals surface area contributed by atoms with Gasteiger partial charge in [0.25, 0.3) is 0 Å². The van der Waals surface area contributed by atoms with E-state index in [-0.39, 0.29) is 16.8 Å². The predicted molar refractivity (Wildman–Crippen MR) is 161 cm³/mol. The number of aromatic nitrogens is 4. The molecule has 2 aromatic heterocycles. The molecule has 1 saturated heterocycles. The number of phenolic OH excluding ortho intramolecular Hbond substituents is 1. The topological polar surface area (TPSA) is 82.8 Å². The third-order valence-corrected chi connectivity index (χ3v) is 9.64. The van der Waals surface area contributed by atoms with Crippen LogP contribution >= 0.6 is 23.2 Å². The SMILES string of the molecule is C[C@@H]1Cn2cnc(F)c2CN1c1nc(OC[C@@H]2CCCN2C)nc2c1CCN(c1cc(O)c(Cl)c3cccc(Cl)c13)C2. The van der Waals surface area contributed by atoms with Crippen LogP contribution in [0.5, 0.6) is 11.8 Å². The average Bonchev–Trinajstić information content (AvgIpc) is 3.56. The number of likely N-dealkylation sites (N-methyl/N-ethyl adjacent to an activating group) is 1. The summed E-state index contributed by atoms with van der Waals surface area (Å²) in [6.45, 7) is 5.73. The fraction of sp³-hybridized carbons (Fsp3) is 0.433. The van der Waals surface area contributed by atoms with Crippen molar-refractivity contribution in [3.8, 4) is 11.8 Å². The first-order chi connectivity index (χ1) is 20.3. The Kier molecular flexibility index (Phi) is 7.03. The Bertz CT molecular complexity index is 1680. The Labute approximate surface area is 253 Å². The van der Waals surface area contributed by atoms with Gasteiger partial charge >= 0.3 is 6.01 Å². The minimum Gasteiger partial charge on any atom is -0.506 e. The van der Waals surface area contributed by atoms with Crippen LogP contribution in [0.3, 0.4) is 0 Å². The molecule has 7 rings (SSSR count). The van der Waals surface area contributed by atoms with Crippen LogP contribution in [-0.4, -0.2) is 68.4 Å². The van der Waals surface area contributed by atoms with Crippen molar-refractivity contribution < 1.29 is 14.2 Å². The Morgan fingerprint density at radius 2 is 2.02 bits per heavy atom. The maximum absolute atomic E-state index is 14.6. The summed E-state index contributed by atoms with van der Waals surface area (Å²) in [5.74, 6) is 0.324. The van der Waals surface area contributed by atoms with E-state index in [1.165, 1.54) is 0 Å². The molecule has 9 nitrogen and oxygen atoms in total. The first kappa shape index (κ1) is 27.5. The number of imidazole rings is 1. The first-order valence-corrected chi connectivity index (χ1v) is 15.1. The van der Waals surface area contributed by atoms with Gasteiger partial charge in [-0.05, 0) is 45.8 Å². The standard InChI is InChI=1S/C30H32Cl2FN7O2/c1-17-12-39-16-34-28(33)24(39)14-40(17)29-19-8-10-38(23-11-25(41)27(32)20-6-3-7-21(31)26(20)23)13-22(19)35-30(36-29)42-15-18-5-4-9-37(18)2/h3,6-7,11,16-18,41H,4-5,8-10,12-15H2,1-2H3/t17-,18+/m1/s1. The summed E-state index contributed by atoms with van der Waals surface area (Å²) in [5, 5.41) is 13.0. The smallest absolute Gasteiger partial charge is 0.318 e. The molecule has 220 valence electrons. The number of benzene rings is 2. The molecule has 0 unspecified atom stereocenters. The summed E-state index contributed by atoms with van der Waals surface area (Å²) < 4.78 is 22.7. The molecule has 4 aromatic rings. The molecule has 0 amide bonds. The Morgan fingerprint density at radius 3 is 2.83 bits per heavy atom. The van der Waals surface area contributed by atoms with Gasteiger partial charge in [0.1, 0.15) is 18.2 Å². The molecule has 5 heterocycles. The van der Waals surface area contributed by atoms with Gasteiger partial charge in [0.15, 0.2) is 0 Å². The lowest BCUT2D eigenvalue weighted by Crippen LogP contribution is -2.43. The largest absolute Gasteiger partial charge is 0.506 e. The summed E-state index contributed by atoms with van der Waals surface area (Å²) in [6.07, 6.45) is 4.43. The van der Waals surface area contributed by atoms with Crippen LogP contribution in [0.4, 0.5) is 15.9 Å². The van der Waals surface area contributed by atoms with Gasteiger partial charge in [0.05, 0.1) is 46.5 Å². The second-order valence-corrected chi connectivity index (χ2v) is 12.3. The maximum Gasteiger partial charge on any atom is 0.318 e. The molecule has 1 N–H and O–H groups in total. The van der Waals surface area contributed by atoms with Crippen LogP contribution in [0.15, 0.2) is 30.6 Å². The predicted octanol–water partition coefficient (Wildman–Crippen LogP) is 5.42. The van der Waals surface area contributed by atoms with Crippen molar-refractivity contribution in [3.05, 3.63) is 63.5 Å². The van der Waals surface area contributed by atoms with Crippen molar-refractivity contribution in [1.29, 1.82) is 0 Å². The highest BCUT2D eigenvalue weighted by Gasteiger charge is 2.33. The van der Waals surface area contributed by atoms with Gasteiger partial charge < -0.3 is 29.1 Å². The molecular weight excluding hydrogens is 580 g/mol. The summed E-state index contributed by atoms with van der Waals surface area (Å²) in [6, 6.07) is 7.88. The van der Waals surface area contributed by atoms with Crippen LogP contribution < -0.4 is 14.5 Å². The number of hydrogen-bond acceptors (Lipinski definition) is 8. The van der Waals surface area contributed by atoms with Gasteiger partial charge in [-0.25, -0.2) is 4.98 Å². The number of anilines is 2. The number of halogens is 3. The average molecular weight is 613 g/mol. The summed E-state index contributed by atoms with van der Waals surface area (Å²) in [4.78, 5) is 20.4. The van der Waals surface area contributed by atoms with Crippen molar-refractivity contribution in [2.75, 3.05) is 36.5 Å². The minimum absolute atomic E-state index is 0.00101. The number of nitrogens with zero attached hydrogens (tertiary/aromatic N) is 7. The van der Waals surface area contributed by atoms with E-state index in [4.69, 9.17) is 37.9 Å². The highest BCUT2D eigenvalue weighted by Crippen LogP contribution is 2.44. The van der Waals surface area contributed by atoms with Crippen LogP contribution in [-0.2, 0) is 26.1 Å². The molecule has 12 heteroatoms. The molecule has 2 aromatic carbocycles. The van der Waals surface area contributed by atoms with Crippen molar-refractivity contribution in [1.82, 2.24) is 24.4 Å². The lowest BCUT2D eigenvalue weighted by Gasteiger charge is -2.38. The molecule has 3 aliphatic rings. The zero-order chi connectivity index (χ0) is 29.1. The van der Waals surface area contributed by atoms with E-state index in [2.05, 4.69) is 33.7 Å². The van der Waals surface area contributed by atoms with Gasteiger partial charge in [0.2, 0.25) is 5.95 Å². The molecular formula is C30H32Cl2FN7O2. The van der Waals surface area contributed by atoms with Gasteiger partial charge in [-0.3, -0.25) is 0 Å². The van der Waals surface area contributed by atoms with E-state index < -0.39 is 5.95 Å². The zero-order valence-corrected chi connectivity index (χ0v) is 25.0. The van der Waals surface area contributed by atoms with E-state index in [0.29, 0.717) is 67.4 Å². The zero-order valence-electron chi connectivity index (χ0n) is 23.5. The molecule has 42 heavy (non-hydrogen) atoms. The summed E-state index contributed by atoms with van der Waals surface area (Å²) in [5.41, 5.74) is 3.19. The lowest BCUT2D eigenvalue weighted by molar-refractivity contribution is 0.187. The maximum atomic E-state index is 14.6. The Morgan fingerprint density at radius 1 is 1.17 bits per heavy atom. The second-order valence-electron chi connectivity index (χ2n) is 11.5. The van der Waals surface area contributed by atoms with Gasteiger partial charge in [-0.2, -0.15) is 14.4 Å². The molecule has 0 spiro atoms. The molecule has 0 saturated carbocycles. The van der Waals surface area contributed by atoms with Gasteiger partial charge in [-0.1, -0.05) is 35.3 Å². The number of aromatic hydroxyl groups is 1. The molecule has 3 aliphatic heterocycles. The van der Waals surface area contributed by atoms with E-state index in [0.717, 1.165) is 47.5 Å². The van der Waals surface area contributed by atoms with Crippen molar-refractivity contribution >= 4 is 45.5 Å². The first-order valence-electron chi connectivity index (χ1n) is 14.3. The number of likely N-dealkylation sites (tertiary alicyclic amines) is 1. The molecule has 0 bridgehead atoms. The van der Waals surface area contributed by atoms with Gasteiger partial charge in [0, 0.05) is 47.6 Å². The van der Waals surface area contributed by atoms with E-state index in [9.17, 15) is 9.50 Å². The number of hydrogen-bond donors (Lipinski definition) is 1. The minimum atomic E-state index is -0.451. The molecule has 1 fully saturated rings. The lowest BCUT2D eigenvalue weighted by atomic mass is 10.0. The second kappa shape index (κ2) is 10.7. The quantitative estimate of drug-likeness (QED) is 0.320. The molecule has 0 aliphatic carbocycles. The summed E-state index contributed by atoms with van der Waals surface area (Å²) >= 11 is 13.1. The third kappa shape index (κ3) is 4.69. The number of fused-ring (bicyclic) bond motifs is 3. The molecule has 2 atom stereocenters. The van der Waals surface area contributed by atoms with Crippen molar-refractivity contribution in [2.24, 2.45) is 0 Å². The van der Waals surface area contributed by atoms with E-state index in [1.54, 1.807) is 12.4 Å².